The van der Waals surface area contributed by atoms with Crippen LogP contribution in [0.5, 0.6) is 0 Å². The molecule has 2 aromatic rings. The predicted octanol–water partition coefficient (Wildman–Crippen LogP) is 3.69. The van der Waals surface area contributed by atoms with Crippen molar-refractivity contribution in [1.82, 2.24) is 10.4 Å². The Morgan fingerprint density at radius 1 is 1.28 bits per heavy atom. The molecule has 1 aromatic carbocycles. The van der Waals surface area contributed by atoms with Gasteiger partial charge in [0.25, 0.3) is 11.8 Å². The summed E-state index contributed by atoms with van der Waals surface area (Å²) in [4.78, 5) is 25.1. The third-order valence-electron chi connectivity index (χ3n) is 3.37. The summed E-state index contributed by atoms with van der Waals surface area (Å²) in [5.41, 5.74) is 4.06. The third kappa shape index (κ3) is 4.07. The zero-order valence-corrected chi connectivity index (χ0v) is 14.9. The Balaban J connectivity index is 1.68. The Kier molecular flexibility index (Phi) is 5.16. The number of hydrogen-bond acceptors (Lipinski definition) is 5. The number of amides is 2. The van der Waals surface area contributed by atoms with Crippen molar-refractivity contribution in [3.8, 4) is 0 Å². The second-order valence-electron chi connectivity index (χ2n) is 5.22. The molecular weight excluding hydrogens is 356 g/mol. The first-order valence-corrected chi connectivity index (χ1v) is 8.63. The van der Waals surface area contributed by atoms with Crippen molar-refractivity contribution in [3.05, 3.63) is 76.6 Å². The van der Waals surface area contributed by atoms with Gasteiger partial charge in [0.05, 0.1) is 11.2 Å². The molecule has 126 valence electrons. The van der Waals surface area contributed by atoms with E-state index >= 15 is 0 Å². The van der Waals surface area contributed by atoms with Gasteiger partial charge in [-0.15, -0.1) is 0 Å². The molecular formula is C18H14N2O3S2. The number of rotatable bonds is 4. The lowest BCUT2D eigenvalue weighted by atomic mass is 10.1. The minimum atomic E-state index is -0.385. The number of carbonyl (C=O) groups is 2. The second kappa shape index (κ2) is 7.50. The summed E-state index contributed by atoms with van der Waals surface area (Å²) in [7, 11) is 0. The van der Waals surface area contributed by atoms with Crippen LogP contribution in [-0.4, -0.2) is 21.1 Å². The monoisotopic (exact) mass is 370 g/mol. The van der Waals surface area contributed by atoms with Crippen LogP contribution in [0.3, 0.4) is 0 Å². The molecule has 1 fully saturated rings. The van der Waals surface area contributed by atoms with E-state index in [0.717, 1.165) is 22.3 Å². The number of benzene rings is 1. The van der Waals surface area contributed by atoms with E-state index in [1.54, 1.807) is 48.8 Å². The van der Waals surface area contributed by atoms with Crippen molar-refractivity contribution < 1.29 is 14.0 Å². The third-order valence-corrected chi connectivity index (χ3v) is 4.69. The first kappa shape index (κ1) is 17.2. The van der Waals surface area contributed by atoms with Crippen LogP contribution in [-0.2, 0) is 4.79 Å². The lowest BCUT2D eigenvalue weighted by molar-refractivity contribution is -0.123. The van der Waals surface area contributed by atoms with E-state index in [0.29, 0.717) is 16.2 Å². The lowest BCUT2D eigenvalue weighted by Crippen LogP contribution is -2.44. The number of aryl methyl sites for hydroxylation is 1. The van der Waals surface area contributed by atoms with Crippen molar-refractivity contribution >= 4 is 46.2 Å². The maximum absolute atomic E-state index is 12.4. The molecule has 3 rings (SSSR count). The molecule has 0 unspecified atom stereocenters. The average Bonchev–Trinajstić information content (AvgIpc) is 3.20. The summed E-state index contributed by atoms with van der Waals surface area (Å²) in [5, 5.41) is 1.09. The number of nitrogens with one attached hydrogen (secondary N) is 1. The van der Waals surface area contributed by atoms with Gasteiger partial charge in [0.1, 0.15) is 5.76 Å². The molecule has 2 heterocycles. The van der Waals surface area contributed by atoms with Gasteiger partial charge in [-0.1, -0.05) is 35.5 Å². The summed E-state index contributed by atoms with van der Waals surface area (Å²) in [6, 6.07) is 10.6. The van der Waals surface area contributed by atoms with E-state index in [1.165, 1.54) is 0 Å². The standard InChI is InChI=1S/C18H14N2O3S2/c1-12-7-9-13(10-8-12)16(21)19-20-17(22)15(25-18(20)24)6-2-4-14-5-3-11-23-14/h2-11H,1H3,(H,19,21)/b4-2+,15-6-. The fourth-order valence-electron chi connectivity index (χ4n) is 2.07. The van der Waals surface area contributed by atoms with Crippen LogP contribution in [0.4, 0.5) is 0 Å². The predicted molar refractivity (Wildman–Crippen MR) is 102 cm³/mol. The summed E-state index contributed by atoms with van der Waals surface area (Å²) < 4.78 is 5.46. The van der Waals surface area contributed by atoms with Crippen LogP contribution in [0.15, 0.2) is 64.1 Å². The number of carbonyl (C=O) groups excluding carboxylic acids is 2. The highest BCUT2D eigenvalue weighted by atomic mass is 32.2. The van der Waals surface area contributed by atoms with E-state index in [9.17, 15) is 9.59 Å². The van der Waals surface area contributed by atoms with Gasteiger partial charge in [-0.2, -0.15) is 5.01 Å². The summed E-state index contributed by atoms with van der Waals surface area (Å²) in [5.74, 6) is -0.0670. The summed E-state index contributed by atoms with van der Waals surface area (Å²) in [6.45, 7) is 1.94. The molecule has 25 heavy (non-hydrogen) atoms. The number of hydrazine groups is 1. The molecule has 1 N–H and O–H groups in total. The van der Waals surface area contributed by atoms with Gasteiger partial charge in [0.15, 0.2) is 4.32 Å². The minimum Gasteiger partial charge on any atom is -0.465 e. The second-order valence-corrected chi connectivity index (χ2v) is 6.90. The van der Waals surface area contributed by atoms with E-state index < -0.39 is 0 Å². The number of thiocarbonyl (C=S) groups is 1. The fourth-order valence-corrected chi connectivity index (χ4v) is 3.20. The van der Waals surface area contributed by atoms with E-state index in [-0.39, 0.29) is 16.1 Å². The van der Waals surface area contributed by atoms with Crippen LogP contribution in [0, 0.1) is 6.92 Å². The van der Waals surface area contributed by atoms with Crippen molar-refractivity contribution in [3.63, 3.8) is 0 Å². The molecule has 0 atom stereocenters. The maximum atomic E-state index is 12.4. The Morgan fingerprint density at radius 3 is 2.72 bits per heavy atom. The summed E-state index contributed by atoms with van der Waals surface area (Å²) >= 11 is 6.31. The van der Waals surface area contributed by atoms with Crippen LogP contribution >= 0.6 is 24.0 Å². The first-order chi connectivity index (χ1) is 12.0. The maximum Gasteiger partial charge on any atom is 0.285 e. The fraction of sp³-hybridized carbons (Fsp3) is 0.0556. The van der Waals surface area contributed by atoms with E-state index in [4.69, 9.17) is 16.6 Å². The molecule has 0 radical (unpaired) electrons. The van der Waals surface area contributed by atoms with Gasteiger partial charge in [-0.25, -0.2) is 0 Å². The van der Waals surface area contributed by atoms with Crippen molar-refractivity contribution in [1.29, 1.82) is 0 Å². The minimum absolute atomic E-state index is 0.281. The molecule has 0 bridgehead atoms. The molecule has 1 aliphatic rings. The molecule has 1 saturated heterocycles. The van der Waals surface area contributed by atoms with E-state index in [1.807, 2.05) is 19.1 Å². The number of thioether (sulfide) groups is 1. The van der Waals surface area contributed by atoms with Gasteiger partial charge in [0.2, 0.25) is 0 Å². The Bertz CT molecular complexity index is 868. The van der Waals surface area contributed by atoms with Crippen molar-refractivity contribution in [2.45, 2.75) is 6.92 Å². The van der Waals surface area contributed by atoms with Crippen LogP contribution in [0.25, 0.3) is 6.08 Å². The molecule has 2 amide bonds. The highest BCUT2D eigenvalue weighted by Crippen LogP contribution is 2.29. The summed E-state index contributed by atoms with van der Waals surface area (Å²) in [6.07, 6.45) is 6.64. The molecule has 1 aromatic heterocycles. The molecule has 5 nitrogen and oxygen atoms in total. The number of nitrogens with zero attached hydrogens (tertiary/aromatic N) is 1. The number of allylic oxidation sites excluding steroid dienone is 2. The van der Waals surface area contributed by atoms with Gasteiger partial charge < -0.3 is 4.42 Å². The van der Waals surface area contributed by atoms with Crippen LogP contribution < -0.4 is 5.43 Å². The quantitative estimate of drug-likeness (QED) is 0.657. The molecule has 0 aliphatic carbocycles. The van der Waals surface area contributed by atoms with Crippen LogP contribution in [0.2, 0.25) is 0 Å². The molecule has 0 spiro atoms. The SMILES string of the molecule is Cc1ccc(C(=O)NN2C(=O)/C(=C/C=C/c3ccco3)SC2=S)cc1. The molecule has 0 saturated carbocycles. The zero-order valence-electron chi connectivity index (χ0n) is 13.3. The molecule has 7 heteroatoms. The van der Waals surface area contributed by atoms with Crippen molar-refractivity contribution in [2.24, 2.45) is 0 Å². The van der Waals surface area contributed by atoms with Crippen LogP contribution in [0.1, 0.15) is 21.7 Å². The topological polar surface area (TPSA) is 62.6 Å². The number of hydrogen-bond donors (Lipinski definition) is 1. The Hall–Kier alpha value is -2.64. The normalized spacial score (nSPS) is 16.2. The van der Waals surface area contributed by atoms with Gasteiger partial charge in [0, 0.05) is 5.56 Å². The first-order valence-electron chi connectivity index (χ1n) is 7.40. The van der Waals surface area contributed by atoms with E-state index in [2.05, 4.69) is 5.43 Å². The largest absolute Gasteiger partial charge is 0.465 e. The van der Waals surface area contributed by atoms with Crippen molar-refractivity contribution in [2.75, 3.05) is 0 Å². The highest BCUT2D eigenvalue weighted by molar-refractivity contribution is 8.26. The molecule has 1 aliphatic heterocycles. The average molecular weight is 370 g/mol. The van der Waals surface area contributed by atoms with Gasteiger partial charge in [-0.05, 0) is 55.6 Å². The van der Waals surface area contributed by atoms with Gasteiger partial charge in [-0.3, -0.25) is 15.0 Å². The zero-order chi connectivity index (χ0) is 17.8. The smallest absolute Gasteiger partial charge is 0.285 e. The Morgan fingerprint density at radius 2 is 2.04 bits per heavy atom. The Labute approximate surface area is 154 Å². The lowest BCUT2D eigenvalue weighted by Gasteiger charge is -2.15. The highest BCUT2D eigenvalue weighted by Gasteiger charge is 2.33. The number of furan rings is 1. The van der Waals surface area contributed by atoms with Gasteiger partial charge >= 0.3 is 0 Å².